The van der Waals surface area contributed by atoms with E-state index in [-0.39, 0.29) is 29.6 Å². The highest BCUT2D eigenvalue weighted by Gasteiger charge is 2.30. The van der Waals surface area contributed by atoms with E-state index in [1.165, 1.54) is 62.8 Å². The van der Waals surface area contributed by atoms with E-state index in [2.05, 4.69) is 4.72 Å². The third-order valence-corrected chi connectivity index (χ3v) is 6.75. The molecule has 1 N–H and O–H groups in total. The molecule has 142 valence electrons. The fourth-order valence-electron chi connectivity index (χ4n) is 3.77. The fraction of sp³-hybridized carbons (Fsp3) is 0.579. The van der Waals surface area contributed by atoms with Gasteiger partial charge in [0.2, 0.25) is 21.8 Å². The SMILES string of the molecule is O=C1CCC(=O)N1c1ccc(S(=O)(=O)NCCC2CCCCCC2)cc1. The molecule has 0 atom stereocenters. The molecule has 1 aromatic carbocycles. The zero-order valence-corrected chi connectivity index (χ0v) is 15.8. The van der Waals surface area contributed by atoms with Crippen LogP contribution >= 0.6 is 0 Å². The van der Waals surface area contributed by atoms with Crippen molar-refractivity contribution in [2.24, 2.45) is 5.92 Å². The Morgan fingerprint density at radius 2 is 1.50 bits per heavy atom. The number of imide groups is 1. The van der Waals surface area contributed by atoms with Crippen molar-refractivity contribution in [3.8, 4) is 0 Å². The van der Waals surface area contributed by atoms with E-state index in [0.717, 1.165) is 11.3 Å². The third-order valence-electron chi connectivity index (χ3n) is 5.28. The van der Waals surface area contributed by atoms with Crippen LogP contribution in [0.4, 0.5) is 5.69 Å². The summed E-state index contributed by atoms with van der Waals surface area (Å²) in [4.78, 5) is 24.8. The van der Waals surface area contributed by atoms with Gasteiger partial charge in [-0.05, 0) is 36.6 Å². The Morgan fingerprint density at radius 1 is 0.923 bits per heavy atom. The summed E-state index contributed by atoms with van der Waals surface area (Å²) >= 11 is 0. The largest absolute Gasteiger partial charge is 0.274 e. The van der Waals surface area contributed by atoms with Gasteiger partial charge < -0.3 is 0 Å². The van der Waals surface area contributed by atoms with Crippen LogP contribution < -0.4 is 9.62 Å². The van der Waals surface area contributed by atoms with Crippen molar-refractivity contribution in [2.45, 2.75) is 62.7 Å². The molecule has 3 rings (SSSR count). The number of amides is 2. The molecule has 1 aliphatic carbocycles. The maximum absolute atomic E-state index is 12.4. The van der Waals surface area contributed by atoms with Crippen LogP contribution in [0.25, 0.3) is 0 Å². The molecule has 1 aliphatic heterocycles. The summed E-state index contributed by atoms with van der Waals surface area (Å²) < 4.78 is 27.6. The van der Waals surface area contributed by atoms with E-state index in [1.807, 2.05) is 0 Å². The Bertz CT molecular complexity index is 734. The Hall–Kier alpha value is -1.73. The number of benzene rings is 1. The number of nitrogens with one attached hydrogen (secondary N) is 1. The number of nitrogens with zero attached hydrogens (tertiary/aromatic N) is 1. The number of hydrogen-bond donors (Lipinski definition) is 1. The van der Waals surface area contributed by atoms with Crippen LogP contribution in [0.3, 0.4) is 0 Å². The topological polar surface area (TPSA) is 83.6 Å². The summed E-state index contributed by atoms with van der Waals surface area (Å²) in [6.45, 7) is 0.442. The second-order valence-electron chi connectivity index (χ2n) is 7.16. The molecule has 1 saturated carbocycles. The lowest BCUT2D eigenvalue weighted by atomic mass is 9.97. The van der Waals surface area contributed by atoms with Gasteiger partial charge >= 0.3 is 0 Å². The van der Waals surface area contributed by atoms with Gasteiger partial charge in [-0.1, -0.05) is 38.5 Å². The average molecular weight is 378 g/mol. The maximum Gasteiger partial charge on any atom is 0.240 e. The average Bonchev–Trinajstić information content (AvgIpc) is 2.81. The van der Waals surface area contributed by atoms with Gasteiger partial charge in [0.1, 0.15) is 0 Å². The van der Waals surface area contributed by atoms with Crippen LogP contribution in [-0.4, -0.2) is 26.8 Å². The van der Waals surface area contributed by atoms with Gasteiger partial charge in [-0.25, -0.2) is 13.1 Å². The van der Waals surface area contributed by atoms with Crippen molar-refractivity contribution in [1.29, 1.82) is 0 Å². The summed E-state index contributed by atoms with van der Waals surface area (Å²) in [7, 11) is -3.58. The van der Waals surface area contributed by atoms with E-state index in [4.69, 9.17) is 0 Å². The molecular formula is C19H26N2O4S. The maximum atomic E-state index is 12.4. The minimum Gasteiger partial charge on any atom is -0.274 e. The first kappa shape index (κ1) is 19.0. The van der Waals surface area contributed by atoms with Crippen LogP contribution in [0, 0.1) is 5.92 Å². The van der Waals surface area contributed by atoms with Crippen molar-refractivity contribution < 1.29 is 18.0 Å². The molecule has 6 nitrogen and oxygen atoms in total. The van der Waals surface area contributed by atoms with Gasteiger partial charge in [0.25, 0.3) is 0 Å². The van der Waals surface area contributed by atoms with Crippen LogP contribution in [0.2, 0.25) is 0 Å². The number of carbonyl (C=O) groups is 2. The lowest BCUT2D eigenvalue weighted by molar-refractivity contribution is -0.121. The van der Waals surface area contributed by atoms with Crippen LogP contribution in [-0.2, 0) is 19.6 Å². The predicted octanol–water partition coefficient (Wildman–Crippen LogP) is 2.98. The highest BCUT2D eigenvalue weighted by atomic mass is 32.2. The molecule has 0 aromatic heterocycles. The first-order valence-electron chi connectivity index (χ1n) is 9.43. The van der Waals surface area contributed by atoms with Crippen molar-refractivity contribution in [3.63, 3.8) is 0 Å². The molecule has 0 unspecified atom stereocenters. The van der Waals surface area contributed by atoms with Gasteiger partial charge in [0.15, 0.2) is 0 Å². The van der Waals surface area contributed by atoms with Gasteiger partial charge in [-0.15, -0.1) is 0 Å². The molecule has 2 aliphatic rings. The van der Waals surface area contributed by atoms with Crippen molar-refractivity contribution in [1.82, 2.24) is 4.72 Å². The Labute approximate surface area is 155 Å². The second-order valence-corrected chi connectivity index (χ2v) is 8.93. The van der Waals surface area contributed by atoms with Gasteiger partial charge in [0, 0.05) is 19.4 Å². The number of anilines is 1. The highest BCUT2D eigenvalue weighted by molar-refractivity contribution is 7.89. The smallest absolute Gasteiger partial charge is 0.240 e. The van der Waals surface area contributed by atoms with Crippen molar-refractivity contribution >= 4 is 27.5 Å². The standard InChI is InChI=1S/C19H26N2O4S/c22-18-11-12-19(23)21(18)16-7-9-17(10-8-16)26(24,25)20-14-13-15-5-3-1-2-4-6-15/h7-10,15,20H,1-6,11-14H2. The summed E-state index contributed by atoms with van der Waals surface area (Å²) in [5.74, 6) is 0.119. The van der Waals surface area contributed by atoms with Gasteiger partial charge in [-0.2, -0.15) is 0 Å². The first-order chi connectivity index (χ1) is 12.5. The summed E-state index contributed by atoms with van der Waals surface area (Å²) in [6, 6.07) is 5.92. The number of rotatable bonds is 6. The first-order valence-corrected chi connectivity index (χ1v) is 10.9. The molecule has 1 heterocycles. The normalized spacial score (nSPS) is 19.8. The summed E-state index contributed by atoms with van der Waals surface area (Å²) in [5.41, 5.74) is 0.426. The quantitative estimate of drug-likeness (QED) is 0.609. The molecule has 1 aromatic rings. The molecule has 2 fully saturated rings. The van der Waals surface area contributed by atoms with E-state index >= 15 is 0 Å². The lowest BCUT2D eigenvalue weighted by Gasteiger charge is -2.15. The molecule has 0 radical (unpaired) electrons. The molecule has 0 bridgehead atoms. The van der Waals surface area contributed by atoms with Crippen molar-refractivity contribution in [3.05, 3.63) is 24.3 Å². The van der Waals surface area contributed by atoms with E-state index in [1.54, 1.807) is 0 Å². The molecule has 2 amide bonds. The Morgan fingerprint density at radius 3 is 2.08 bits per heavy atom. The van der Waals surface area contributed by atoms with Gasteiger partial charge in [0.05, 0.1) is 10.6 Å². The number of sulfonamides is 1. The molecule has 0 spiro atoms. The van der Waals surface area contributed by atoms with E-state index in [0.29, 0.717) is 18.2 Å². The van der Waals surface area contributed by atoms with Crippen LogP contribution in [0.15, 0.2) is 29.2 Å². The summed E-state index contributed by atoms with van der Waals surface area (Å²) in [6.07, 6.45) is 8.73. The van der Waals surface area contributed by atoms with Crippen LogP contribution in [0.1, 0.15) is 57.8 Å². The third kappa shape index (κ3) is 4.51. The van der Waals surface area contributed by atoms with E-state index < -0.39 is 10.0 Å². The molecule has 7 heteroatoms. The summed E-state index contributed by atoms with van der Waals surface area (Å²) in [5, 5.41) is 0. The minimum atomic E-state index is -3.58. The predicted molar refractivity (Wildman–Crippen MR) is 99.2 cm³/mol. The fourth-order valence-corrected chi connectivity index (χ4v) is 4.82. The van der Waals surface area contributed by atoms with Crippen LogP contribution in [0.5, 0.6) is 0 Å². The molecular weight excluding hydrogens is 352 g/mol. The monoisotopic (exact) mass is 378 g/mol. The zero-order chi connectivity index (χ0) is 18.6. The number of carbonyl (C=O) groups excluding carboxylic acids is 2. The molecule has 26 heavy (non-hydrogen) atoms. The highest BCUT2D eigenvalue weighted by Crippen LogP contribution is 2.26. The Balaban J connectivity index is 1.58. The zero-order valence-electron chi connectivity index (χ0n) is 14.9. The van der Waals surface area contributed by atoms with Crippen molar-refractivity contribution in [2.75, 3.05) is 11.4 Å². The van der Waals surface area contributed by atoms with E-state index in [9.17, 15) is 18.0 Å². The second kappa shape index (κ2) is 8.31. The lowest BCUT2D eigenvalue weighted by Crippen LogP contribution is -2.29. The van der Waals surface area contributed by atoms with Gasteiger partial charge in [-0.3, -0.25) is 14.5 Å². The Kier molecular flexibility index (Phi) is 6.09. The molecule has 1 saturated heterocycles. The minimum absolute atomic E-state index is 0.154. The number of hydrogen-bond acceptors (Lipinski definition) is 4.